The molecule has 1 fully saturated rings. The lowest BCUT2D eigenvalue weighted by Crippen LogP contribution is -2.56. The molecule has 0 spiro atoms. The van der Waals surface area contributed by atoms with Gasteiger partial charge >= 0.3 is 0 Å². The highest BCUT2D eigenvalue weighted by Gasteiger charge is 2.30. The van der Waals surface area contributed by atoms with Gasteiger partial charge in [0, 0.05) is 36.2 Å². The van der Waals surface area contributed by atoms with Crippen LogP contribution in [0.25, 0.3) is 0 Å². The minimum absolute atomic E-state index is 0.436. The van der Waals surface area contributed by atoms with Gasteiger partial charge in [0.15, 0.2) is 0 Å². The highest BCUT2D eigenvalue weighted by Crippen LogP contribution is 2.27. The lowest BCUT2D eigenvalue weighted by Gasteiger charge is -2.42. The number of aryl methyl sites for hydroxylation is 1. The summed E-state index contributed by atoms with van der Waals surface area (Å²) < 4.78 is 0. The van der Waals surface area contributed by atoms with E-state index in [1.165, 1.54) is 11.4 Å². The van der Waals surface area contributed by atoms with Crippen LogP contribution in [-0.4, -0.2) is 35.1 Å². The standard InChI is InChI=1S/C15H27N3S/c1-10(2)6-14-8-18(12(4)7-16-14)13(5)15-17-11(3)9-19-15/h9-10,12-14,16H,6-8H2,1-5H3. The Morgan fingerprint density at radius 3 is 2.79 bits per heavy atom. The fraction of sp³-hybridized carbons (Fsp3) is 0.800. The summed E-state index contributed by atoms with van der Waals surface area (Å²) in [5, 5.41) is 7.10. The number of aromatic nitrogens is 1. The van der Waals surface area contributed by atoms with Gasteiger partial charge in [0.2, 0.25) is 0 Å². The molecule has 1 N–H and O–H groups in total. The number of hydrogen-bond donors (Lipinski definition) is 1. The maximum atomic E-state index is 4.66. The molecule has 3 unspecified atom stereocenters. The molecule has 0 bridgehead atoms. The van der Waals surface area contributed by atoms with E-state index in [-0.39, 0.29) is 0 Å². The van der Waals surface area contributed by atoms with Crippen molar-refractivity contribution in [3.63, 3.8) is 0 Å². The Bertz CT molecular complexity index is 402. The van der Waals surface area contributed by atoms with E-state index in [9.17, 15) is 0 Å². The van der Waals surface area contributed by atoms with Crippen LogP contribution in [0.2, 0.25) is 0 Å². The number of piperazine rings is 1. The summed E-state index contributed by atoms with van der Waals surface area (Å²) >= 11 is 1.80. The zero-order chi connectivity index (χ0) is 14.0. The molecular weight excluding hydrogens is 254 g/mol. The highest BCUT2D eigenvalue weighted by molar-refractivity contribution is 7.09. The Hall–Kier alpha value is -0.450. The van der Waals surface area contributed by atoms with Crippen LogP contribution in [0.15, 0.2) is 5.38 Å². The summed E-state index contributed by atoms with van der Waals surface area (Å²) in [4.78, 5) is 7.28. The summed E-state index contributed by atoms with van der Waals surface area (Å²) in [6, 6.07) is 1.65. The molecule has 3 nitrogen and oxygen atoms in total. The number of rotatable bonds is 4. The van der Waals surface area contributed by atoms with Crippen LogP contribution in [0.1, 0.15) is 50.9 Å². The quantitative estimate of drug-likeness (QED) is 0.918. The molecule has 4 heteroatoms. The van der Waals surface area contributed by atoms with E-state index >= 15 is 0 Å². The third-order valence-corrected chi connectivity index (χ3v) is 5.08. The van der Waals surface area contributed by atoms with E-state index in [1.807, 2.05) is 0 Å². The molecule has 0 aromatic carbocycles. The van der Waals surface area contributed by atoms with Crippen molar-refractivity contribution in [2.45, 2.75) is 59.2 Å². The predicted molar refractivity (Wildman–Crippen MR) is 82.7 cm³/mol. The molecule has 0 aliphatic carbocycles. The van der Waals surface area contributed by atoms with Crippen molar-refractivity contribution in [3.8, 4) is 0 Å². The Morgan fingerprint density at radius 1 is 1.47 bits per heavy atom. The van der Waals surface area contributed by atoms with Gasteiger partial charge in [-0.3, -0.25) is 4.90 Å². The lowest BCUT2D eigenvalue weighted by molar-refractivity contribution is 0.0921. The van der Waals surface area contributed by atoms with Crippen LogP contribution in [0.3, 0.4) is 0 Å². The molecule has 2 rings (SSSR count). The predicted octanol–water partition coefficient (Wildman–Crippen LogP) is 3.22. The molecule has 1 aromatic rings. The van der Waals surface area contributed by atoms with E-state index in [0.29, 0.717) is 18.1 Å². The van der Waals surface area contributed by atoms with Crippen LogP contribution in [-0.2, 0) is 0 Å². The van der Waals surface area contributed by atoms with E-state index in [0.717, 1.165) is 24.7 Å². The van der Waals surface area contributed by atoms with Crippen LogP contribution in [0, 0.1) is 12.8 Å². The van der Waals surface area contributed by atoms with E-state index in [4.69, 9.17) is 0 Å². The molecular formula is C15H27N3S. The normalized spacial score (nSPS) is 26.8. The third-order valence-electron chi connectivity index (χ3n) is 3.95. The van der Waals surface area contributed by atoms with Gasteiger partial charge in [0.25, 0.3) is 0 Å². The van der Waals surface area contributed by atoms with Crippen molar-refractivity contribution >= 4 is 11.3 Å². The molecule has 19 heavy (non-hydrogen) atoms. The minimum Gasteiger partial charge on any atom is -0.311 e. The minimum atomic E-state index is 0.436. The van der Waals surface area contributed by atoms with Crippen molar-refractivity contribution in [2.24, 2.45) is 5.92 Å². The Labute approximate surface area is 121 Å². The zero-order valence-electron chi connectivity index (χ0n) is 12.8. The van der Waals surface area contributed by atoms with Crippen molar-refractivity contribution in [3.05, 3.63) is 16.1 Å². The van der Waals surface area contributed by atoms with Crippen molar-refractivity contribution in [2.75, 3.05) is 13.1 Å². The monoisotopic (exact) mass is 281 g/mol. The largest absolute Gasteiger partial charge is 0.311 e. The van der Waals surface area contributed by atoms with E-state index in [1.54, 1.807) is 11.3 Å². The van der Waals surface area contributed by atoms with Crippen molar-refractivity contribution < 1.29 is 0 Å². The Balaban J connectivity index is 2.04. The van der Waals surface area contributed by atoms with Crippen molar-refractivity contribution in [1.82, 2.24) is 15.2 Å². The van der Waals surface area contributed by atoms with Gasteiger partial charge in [-0.25, -0.2) is 4.98 Å². The van der Waals surface area contributed by atoms with Gasteiger partial charge in [0.1, 0.15) is 5.01 Å². The number of hydrogen-bond acceptors (Lipinski definition) is 4. The molecule has 1 aliphatic heterocycles. The maximum absolute atomic E-state index is 4.66. The van der Waals surface area contributed by atoms with Gasteiger partial charge < -0.3 is 5.32 Å². The van der Waals surface area contributed by atoms with E-state index in [2.05, 4.69) is 55.2 Å². The average molecular weight is 281 g/mol. The number of thiazole rings is 1. The van der Waals surface area contributed by atoms with Crippen LogP contribution in [0.4, 0.5) is 0 Å². The van der Waals surface area contributed by atoms with Gasteiger partial charge in [-0.2, -0.15) is 0 Å². The molecule has 0 radical (unpaired) electrons. The molecule has 1 aromatic heterocycles. The summed E-state index contributed by atoms with van der Waals surface area (Å²) in [6.07, 6.45) is 1.26. The van der Waals surface area contributed by atoms with Crippen LogP contribution >= 0.6 is 11.3 Å². The molecule has 2 heterocycles. The molecule has 108 valence electrons. The van der Waals surface area contributed by atoms with Gasteiger partial charge in [-0.1, -0.05) is 13.8 Å². The summed E-state index contributed by atoms with van der Waals surface area (Å²) in [5.41, 5.74) is 1.15. The molecule has 0 amide bonds. The summed E-state index contributed by atoms with van der Waals surface area (Å²) in [5.74, 6) is 0.755. The number of nitrogens with one attached hydrogen (secondary N) is 1. The lowest BCUT2D eigenvalue weighted by atomic mass is 9.99. The Morgan fingerprint density at radius 2 is 2.21 bits per heavy atom. The first-order valence-electron chi connectivity index (χ1n) is 7.38. The number of nitrogens with zero attached hydrogens (tertiary/aromatic N) is 2. The smallest absolute Gasteiger partial charge is 0.110 e. The second-order valence-corrected chi connectivity index (χ2v) is 7.17. The SMILES string of the molecule is Cc1csc(C(C)N2CC(CC(C)C)NCC2C)n1. The van der Waals surface area contributed by atoms with Crippen LogP contribution in [0.5, 0.6) is 0 Å². The molecule has 1 aliphatic rings. The van der Waals surface area contributed by atoms with Gasteiger partial charge in [-0.15, -0.1) is 11.3 Å². The molecule has 1 saturated heterocycles. The second kappa shape index (κ2) is 6.33. The summed E-state index contributed by atoms with van der Waals surface area (Å²) in [7, 11) is 0. The Kier molecular flexibility index (Phi) is 4.98. The summed E-state index contributed by atoms with van der Waals surface area (Å²) in [6.45, 7) is 13.5. The highest BCUT2D eigenvalue weighted by atomic mass is 32.1. The fourth-order valence-electron chi connectivity index (χ4n) is 2.93. The first-order valence-corrected chi connectivity index (χ1v) is 8.26. The molecule has 3 atom stereocenters. The average Bonchev–Trinajstić information content (AvgIpc) is 2.77. The second-order valence-electron chi connectivity index (χ2n) is 6.28. The van der Waals surface area contributed by atoms with E-state index < -0.39 is 0 Å². The maximum Gasteiger partial charge on any atom is 0.110 e. The van der Waals surface area contributed by atoms with Gasteiger partial charge in [-0.05, 0) is 33.1 Å². The fourth-order valence-corrected chi connectivity index (χ4v) is 3.80. The first-order chi connectivity index (χ1) is 8.97. The first kappa shape index (κ1) is 14.9. The molecule has 0 saturated carbocycles. The van der Waals surface area contributed by atoms with Crippen LogP contribution < -0.4 is 5.32 Å². The zero-order valence-corrected chi connectivity index (χ0v) is 13.6. The third kappa shape index (κ3) is 3.77. The van der Waals surface area contributed by atoms with Crippen molar-refractivity contribution in [1.29, 1.82) is 0 Å². The van der Waals surface area contributed by atoms with Gasteiger partial charge in [0.05, 0.1) is 6.04 Å². The topological polar surface area (TPSA) is 28.2 Å².